The molecule has 0 fully saturated rings. The average Bonchev–Trinajstić information content (AvgIpc) is 0.811. The largest absolute Gasteiger partial charge is 0.761 e. The zero-order valence-electron chi connectivity index (χ0n) is 6.80. The molecular formula is H22O13Si. The monoisotopic (exact) mass is 258 g/mol. The lowest BCUT2D eigenvalue weighted by molar-refractivity contribution is 0.330. The summed E-state index contributed by atoms with van der Waals surface area (Å²) in [4.78, 5) is 14.3. The van der Waals surface area contributed by atoms with E-state index >= 15 is 0 Å². The SMILES string of the molecule is O.O.O.O.O.O.O.O.O.O.O=[Si](O)O. The van der Waals surface area contributed by atoms with Gasteiger partial charge in [-0.25, -0.2) is 0 Å². The Morgan fingerprint density at radius 2 is 0.500 bits per heavy atom. The Morgan fingerprint density at radius 3 is 0.500 bits per heavy atom. The highest BCUT2D eigenvalue weighted by molar-refractivity contribution is 6.22. The van der Waals surface area contributed by atoms with Gasteiger partial charge in [0.15, 0.2) is 0 Å². The Labute approximate surface area is 79.2 Å². The second kappa shape index (κ2) is 313. The van der Waals surface area contributed by atoms with E-state index in [4.69, 9.17) is 14.1 Å². The Bertz CT molecular complexity index is 28.2. The van der Waals surface area contributed by atoms with Crippen molar-refractivity contribution in [3.63, 3.8) is 0 Å². The van der Waals surface area contributed by atoms with Gasteiger partial charge >= 0.3 is 9.17 Å². The highest BCUT2D eigenvalue weighted by atomic mass is 28.3. The lowest BCUT2D eigenvalue weighted by Crippen LogP contribution is -1.90. The van der Waals surface area contributed by atoms with Gasteiger partial charge in [-0.15, -0.1) is 0 Å². The van der Waals surface area contributed by atoms with Crippen molar-refractivity contribution in [1.29, 1.82) is 0 Å². The van der Waals surface area contributed by atoms with Crippen LogP contribution in [0.3, 0.4) is 0 Å². The zero-order valence-corrected chi connectivity index (χ0v) is 7.80. The molecule has 13 nitrogen and oxygen atoms in total. The van der Waals surface area contributed by atoms with Crippen molar-refractivity contribution in [1.82, 2.24) is 0 Å². The van der Waals surface area contributed by atoms with Crippen LogP contribution in [0.1, 0.15) is 0 Å². The number of rotatable bonds is 0. The van der Waals surface area contributed by atoms with Gasteiger partial charge in [-0.3, -0.25) is 4.46 Å². The van der Waals surface area contributed by atoms with Crippen LogP contribution in [0.25, 0.3) is 0 Å². The zero-order chi connectivity index (χ0) is 3.58. The lowest BCUT2D eigenvalue weighted by Gasteiger charge is -1.55. The third kappa shape index (κ3) is 1910. The van der Waals surface area contributed by atoms with E-state index in [2.05, 4.69) is 0 Å². The summed E-state index contributed by atoms with van der Waals surface area (Å²) in [6.07, 6.45) is 0. The summed E-state index contributed by atoms with van der Waals surface area (Å²) in [6.45, 7) is 0. The summed E-state index contributed by atoms with van der Waals surface area (Å²) < 4.78 is 8.74. The van der Waals surface area contributed by atoms with Gasteiger partial charge < -0.3 is 64.4 Å². The molecule has 0 aromatic carbocycles. The highest BCUT2D eigenvalue weighted by Crippen LogP contribution is 1.27. The molecule has 0 aliphatic carbocycles. The third-order valence-electron chi connectivity index (χ3n) is 0. The number of hydrogen-bond donors (Lipinski definition) is 2. The molecule has 0 aliphatic rings. The summed E-state index contributed by atoms with van der Waals surface area (Å²) in [5.74, 6) is 0. The predicted octanol–water partition coefficient (Wildman–Crippen LogP) is -9.86. The van der Waals surface area contributed by atoms with Crippen LogP contribution in [-0.2, 0) is 4.46 Å². The van der Waals surface area contributed by atoms with E-state index in [-0.39, 0.29) is 54.8 Å². The Balaban J connectivity index is -0.000000001000. The van der Waals surface area contributed by atoms with Gasteiger partial charge in [0, 0.05) is 0 Å². The molecular weight excluding hydrogens is 236 g/mol. The van der Waals surface area contributed by atoms with Crippen LogP contribution >= 0.6 is 0 Å². The van der Waals surface area contributed by atoms with E-state index in [0.717, 1.165) is 0 Å². The predicted molar refractivity (Wildman–Crippen MR) is 47.0 cm³/mol. The van der Waals surface area contributed by atoms with Crippen molar-refractivity contribution < 1.29 is 68.8 Å². The van der Waals surface area contributed by atoms with Gasteiger partial charge in [0.05, 0.1) is 0 Å². The molecule has 0 spiro atoms. The van der Waals surface area contributed by atoms with E-state index in [1.807, 2.05) is 0 Å². The van der Waals surface area contributed by atoms with E-state index in [0.29, 0.717) is 0 Å². The maximum Gasteiger partial charge on any atom is 0.761 e. The first-order valence-corrected chi connectivity index (χ1v) is 1.95. The molecule has 0 aliphatic heterocycles. The Hall–Kier alpha value is -0.783. The molecule has 0 atom stereocenters. The van der Waals surface area contributed by atoms with Gasteiger partial charge in [0.2, 0.25) is 0 Å². The summed E-state index contributed by atoms with van der Waals surface area (Å²) in [6, 6.07) is 0. The second-order valence-electron chi connectivity index (χ2n) is 0.283. The smallest absolute Gasteiger partial charge is 0.511 e. The van der Waals surface area contributed by atoms with Crippen LogP contribution in [0.15, 0.2) is 0 Å². The standard InChI is InChI=1S/H2O3Si.10H2O/c1-4(2)3;;;;;;;;;;/h1-2H;10*1H2. The minimum Gasteiger partial charge on any atom is -0.511 e. The van der Waals surface area contributed by atoms with E-state index in [9.17, 15) is 0 Å². The first-order valence-electron chi connectivity index (χ1n) is 0.651. The second-order valence-corrected chi connectivity index (χ2v) is 0.848. The minimum atomic E-state index is -3.13. The highest BCUT2D eigenvalue weighted by Gasteiger charge is 1.85. The van der Waals surface area contributed by atoms with Crippen LogP contribution in [-0.4, -0.2) is 73.5 Å². The van der Waals surface area contributed by atoms with Crippen LogP contribution in [0.5, 0.6) is 0 Å². The summed E-state index contributed by atoms with van der Waals surface area (Å²) in [5.41, 5.74) is 0. The van der Waals surface area contributed by atoms with Gasteiger partial charge in [-0.05, 0) is 0 Å². The molecule has 0 saturated heterocycles. The molecule has 0 amide bonds. The van der Waals surface area contributed by atoms with Gasteiger partial charge in [0.1, 0.15) is 0 Å². The van der Waals surface area contributed by atoms with Crippen molar-refractivity contribution >= 4 is 9.17 Å². The topological polar surface area (TPSA) is 373 Å². The maximum absolute atomic E-state index is 8.74. The molecule has 14 heteroatoms. The van der Waals surface area contributed by atoms with Crippen molar-refractivity contribution in [3.8, 4) is 0 Å². The van der Waals surface area contributed by atoms with Crippen LogP contribution in [0, 0.1) is 0 Å². The van der Waals surface area contributed by atoms with E-state index in [1.165, 1.54) is 0 Å². The average molecular weight is 258 g/mol. The minimum absolute atomic E-state index is 0. The maximum atomic E-state index is 8.74. The molecule has 0 bridgehead atoms. The summed E-state index contributed by atoms with van der Waals surface area (Å²) in [5, 5.41) is 0. The molecule has 0 heterocycles. The first kappa shape index (κ1) is 401. The van der Waals surface area contributed by atoms with Crippen molar-refractivity contribution in [2.75, 3.05) is 0 Å². The van der Waals surface area contributed by atoms with Crippen LogP contribution < -0.4 is 0 Å². The molecule has 104 valence electrons. The van der Waals surface area contributed by atoms with E-state index < -0.39 is 9.17 Å². The molecule has 22 N–H and O–H groups in total. The van der Waals surface area contributed by atoms with Gasteiger partial charge in [-0.2, -0.15) is 0 Å². The van der Waals surface area contributed by atoms with Gasteiger partial charge in [-0.1, -0.05) is 0 Å². The van der Waals surface area contributed by atoms with Crippen molar-refractivity contribution in [2.45, 2.75) is 0 Å². The van der Waals surface area contributed by atoms with Crippen molar-refractivity contribution in [2.24, 2.45) is 0 Å². The fourth-order valence-electron chi connectivity index (χ4n) is 0. The summed E-state index contributed by atoms with van der Waals surface area (Å²) >= 11 is 0. The molecule has 0 unspecified atom stereocenters. The van der Waals surface area contributed by atoms with Gasteiger partial charge in [0.25, 0.3) is 0 Å². The molecule has 0 saturated carbocycles. The quantitative estimate of drug-likeness (QED) is 0.399. The van der Waals surface area contributed by atoms with Crippen LogP contribution in [0.4, 0.5) is 0 Å². The Kier molecular flexibility index (Phi) is 8970. The third-order valence-corrected chi connectivity index (χ3v) is 0. The number of hydrogen-bond acceptors (Lipinski definition) is 1. The van der Waals surface area contributed by atoms with E-state index in [1.54, 1.807) is 0 Å². The fourth-order valence-corrected chi connectivity index (χ4v) is 0. The molecule has 0 rings (SSSR count). The molecule has 0 aromatic heterocycles. The molecule has 14 heavy (non-hydrogen) atoms. The molecule has 0 aromatic rings. The Morgan fingerprint density at radius 1 is 0.500 bits per heavy atom. The van der Waals surface area contributed by atoms with Crippen molar-refractivity contribution in [3.05, 3.63) is 0 Å². The normalized spacial score (nSPS) is 1.71. The summed E-state index contributed by atoms with van der Waals surface area (Å²) in [7, 11) is -3.13. The lowest BCUT2D eigenvalue weighted by atomic mass is 15.8. The van der Waals surface area contributed by atoms with Crippen LogP contribution in [0.2, 0.25) is 0 Å². The first-order chi connectivity index (χ1) is 1.73. The fraction of sp³-hybridized carbons (Fsp3) is 0. The molecule has 0 radical (unpaired) electrons.